The summed E-state index contributed by atoms with van der Waals surface area (Å²) in [4.78, 5) is 0. The minimum absolute atomic E-state index is 0.240. The highest BCUT2D eigenvalue weighted by Gasteiger charge is 2.15. The number of aromatic nitrogens is 2. The lowest BCUT2D eigenvalue weighted by atomic mass is 10.1. The highest BCUT2D eigenvalue weighted by molar-refractivity contribution is 5.95. The Labute approximate surface area is 140 Å². The molecule has 4 nitrogen and oxygen atoms in total. The molecule has 0 spiro atoms. The van der Waals surface area contributed by atoms with E-state index in [1.54, 1.807) is 6.07 Å². The molecule has 1 aromatic heterocycles. The minimum Gasteiger partial charge on any atom is -0.382 e. The third kappa shape index (κ3) is 2.87. The van der Waals surface area contributed by atoms with Crippen LogP contribution in [0.5, 0.6) is 0 Å². The van der Waals surface area contributed by atoms with Crippen molar-refractivity contribution in [3.05, 3.63) is 48.3 Å². The van der Waals surface area contributed by atoms with E-state index >= 15 is 0 Å². The van der Waals surface area contributed by atoms with E-state index in [1.807, 2.05) is 17.8 Å². The fraction of sp³-hybridized carbons (Fsp3) is 0.316. The van der Waals surface area contributed by atoms with E-state index in [-0.39, 0.29) is 5.82 Å². The molecule has 2 N–H and O–H groups in total. The molecule has 1 aliphatic heterocycles. The monoisotopic (exact) mass is 324 g/mol. The number of aryl methyl sites for hydroxylation is 1. The summed E-state index contributed by atoms with van der Waals surface area (Å²) in [6, 6.07) is 13.4. The first kappa shape index (κ1) is 15.1. The maximum absolute atomic E-state index is 13.5. The third-order valence-electron chi connectivity index (χ3n) is 4.66. The van der Waals surface area contributed by atoms with E-state index in [4.69, 9.17) is 0 Å². The fourth-order valence-electron chi connectivity index (χ4n) is 3.40. The van der Waals surface area contributed by atoms with Gasteiger partial charge in [-0.1, -0.05) is 12.1 Å². The lowest BCUT2D eigenvalue weighted by molar-refractivity contribution is 0.479. The molecule has 0 saturated carbocycles. The van der Waals surface area contributed by atoms with Crippen LogP contribution in [0, 0.1) is 5.82 Å². The zero-order chi connectivity index (χ0) is 16.5. The molecule has 5 heteroatoms. The molecule has 24 heavy (non-hydrogen) atoms. The molecule has 0 unspecified atom stereocenters. The van der Waals surface area contributed by atoms with Crippen LogP contribution in [0.4, 0.5) is 10.1 Å². The van der Waals surface area contributed by atoms with Gasteiger partial charge in [0, 0.05) is 29.7 Å². The topological polar surface area (TPSA) is 41.9 Å². The van der Waals surface area contributed by atoms with Gasteiger partial charge in [0.05, 0.1) is 5.52 Å². The van der Waals surface area contributed by atoms with E-state index in [0.29, 0.717) is 6.04 Å². The van der Waals surface area contributed by atoms with Gasteiger partial charge < -0.3 is 10.6 Å². The maximum atomic E-state index is 13.5. The van der Waals surface area contributed by atoms with Crippen molar-refractivity contribution in [2.45, 2.75) is 18.9 Å². The van der Waals surface area contributed by atoms with Gasteiger partial charge in [0.2, 0.25) is 0 Å². The number of fused-ring (bicyclic) bond motifs is 1. The van der Waals surface area contributed by atoms with E-state index in [9.17, 15) is 4.39 Å². The number of rotatable bonds is 3. The fourth-order valence-corrected chi connectivity index (χ4v) is 3.40. The maximum Gasteiger partial charge on any atom is 0.123 e. The van der Waals surface area contributed by atoms with Gasteiger partial charge in [0.1, 0.15) is 11.5 Å². The van der Waals surface area contributed by atoms with Crippen molar-refractivity contribution in [2.24, 2.45) is 7.05 Å². The van der Waals surface area contributed by atoms with Crippen molar-refractivity contribution in [3.8, 4) is 11.3 Å². The Bertz CT molecular complexity index is 865. The molecular weight excluding hydrogens is 303 g/mol. The Morgan fingerprint density at radius 2 is 2.00 bits per heavy atom. The zero-order valence-corrected chi connectivity index (χ0v) is 13.7. The average molecular weight is 324 g/mol. The van der Waals surface area contributed by atoms with Gasteiger partial charge in [-0.2, -0.15) is 5.10 Å². The quantitative estimate of drug-likeness (QED) is 0.774. The van der Waals surface area contributed by atoms with Crippen LogP contribution in [-0.2, 0) is 7.05 Å². The Kier molecular flexibility index (Phi) is 3.94. The highest BCUT2D eigenvalue weighted by atomic mass is 19.1. The van der Waals surface area contributed by atoms with Crippen LogP contribution in [0.1, 0.15) is 12.8 Å². The summed E-state index contributed by atoms with van der Waals surface area (Å²) in [7, 11) is 1.93. The second kappa shape index (κ2) is 6.24. The second-order valence-corrected chi connectivity index (χ2v) is 6.38. The summed E-state index contributed by atoms with van der Waals surface area (Å²) in [5.74, 6) is -0.240. The van der Waals surface area contributed by atoms with Crippen LogP contribution in [-0.4, -0.2) is 28.9 Å². The number of hydrogen-bond donors (Lipinski definition) is 2. The van der Waals surface area contributed by atoms with Crippen molar-refractivity contribution in [3.63, 3.8) is 0 Å². The summed E-state index contributed by atoms with van der Waals surface area (Å²) < 4.78 is 15.4. The predicted octanol–water partition coefficient (Wildman–Crippen LogP) is 3.54. The molecule has 4 rings (SSSR count). The summed E-state index contributed by atoms with van der Waals surface area (Å²) in [6.07, 6.45) is 2.27. The summed E-state index contributed by atoms with van der Waals surface area (Å²) in [5.41, 5.74) is 3.79. The molecule has 0 amide bonds. The standard InChI is InChI=1S/C19H21FN4/c1-24-18-12-16(22-15-7-9-21-10-8-15)5-6-17(18)19(23-24)13-3-2-4-14(20)11-13/h2-6,11-12,15,21-22H,7-10H2,1H3. The summed E-state index contributed by atoms with van der Waals surface area (Å²) in [6.45, 7) is 2.13. The molecule has 124 valence electrons. The van der Waals surface area contributed by atoms with Crippen LogP contribution < -0.4 is 10.6 Å². The van der Waals surface area contributed by atoms with Crippen molar-refractivity contribution in [1.82, 2.24) is 15.1 Å². The van der Waals surface area contributed by atoms with E-state index in [1.165, 1.54) is 12.1 Å². The first-order valence-electron chi connectivity index (χ1n) is 8.41. The van der Waals surface area contributed by atoms with Gasteiger partial charge in [0.25, 0.3) is 0 Å². The number of piperidine rings is 1. The van der Waals surface area contributed by atoms with E-state index in [2.05, 4.69) is 33.9 Å². The van der Waals surface area contributed by atoms with Crippen molar-refractivity contribution >= 4 is 16.6 Å². The molecule has 0 radical (unpaired) electrons. The van der Waals surface area contributed by atoms with Crippen molar-refractivity contribution in [2.75, 3.05) is 18.4 Å². The molecule has 3 aromatic rings. The number of benzene rings is 2. The van der Waals surface area contributed by atoms with Gasteiger partial charge in [0.15, 0.2) is 0 Å². The molecular formula is C19H21FN4. The third-order valence-corrected chi connectivity index (χ3v) is 4.66. The lowest BCUT2D eigenvalue weighted by Gasteiger charge is -2.24. The Balaban J connectivity index is 1.69. The van der Waals surface area contributed by atoms with Gasteiger partial charge in [-0.3, -0.25) is 4.68 Å². The molecule has 1 aliphatic rings. The SMILES string of the molecule is Cn1nc(-c2cccc(F)c2)c2ccc(NC3CCNCC3)cc21. The number of nitrogens with zero attached hydrogens (tertiary/aromatic N) is 2. The minimum atomic E-state index is -0.240. The summed E-state index contributed by atoms with van der Waals surface area (Å²) >= 11 is 0. The van der Waals surface area contributed by atoms with Crippen LogP contribution in [0.2, 0.25) is 0 Å². The van der Waals surface area contributed by atoms with Crippen LogP contribution >= 0.6 is 0 Å². The van der Waals surface area contributed by atoms with E-state index < -0.39 is 0 Å². The molecule has 1 fully saturated rings. The average Bonchev–Trinajstić information content (AvgIpc) is 2.92. The number of anilines is 1. The first-order valence-corrected chi connectivity index (χ1v) is 8.41. The van der Waals surface area contributed by atoms with Gasteiger partial charge in [-0.25, -0.2) is 4.39 Å². The number of hydrogen-bond acceptors (Lipinski definition) is 3. The Hall–Kier alpha value is -2.40. The molecule has 0 bridgehead atoms. The van der Waals surface area contributed by atoms with E-state index in [0.717, 1.165) is 53.8 Å². The number of nitrogens with one attached hydrogen (secondary N) is 2. The van der Waals surface area contributed by atoms with Crippen LogP contribution in [0.25, 0.3) is 22.2 Å². The largest absolute Gasteiger partial charge is 0.382 e. The smallest absolute Gasteiger partial charge is 0.123 e. The Morgan fingerprint density at radius 3 is 2.79 bits per heavy atom. The molecule has 0 atom stereocenters. The Morgan fingerprint density at radius 1 is 1.17 bits per heavy atom. The molecule has 2 heterocycles. The van der Waals surface area contributed by atoms with Gasteiger partial charge >= 0.3 is 0 Å². The lowest BCUT2D eigenvalue weighted by Crippen LogP contribution is -2.35. The molecule has 0 aliphatic carbocycles. The predicted molar refractivity (Wildman–Crippen MR) is 95.6 cm³/mol. The van der Waals surface area contributed by atoms with Crippen LogP contribution in [0.3, 0.4) is 0 Å². The van der Waals surface area contributed by atoms with Crippen molar-refractivity contribution < 1.29 is 4.39 Å². The van der Waals surface area contributed by atoms with Gasteiger partial charge in [-0.15, -0.1) is 0 Å². The number of halogens is 1. The van der Waals surface area contributed by atoms with Crippen LogP contribution in [0.15, 0.2) is 42.5 Å². The van der Waals surface area contributed by atoms with Gasteiger partial charge in [-0.05, 0) is 56.3 Å². The zero-order valence-electron chi connectivity index (χ0n) is 13.7. The summed E-state index contributed by atoms with van der Waals surface area (Å²) in [5, 5.41) is 12.6. The molecule has 1 saturated heterocycles. The normalized spacial score (nSPS) is 15.8. The molecule has 2 aromatic carbocycles. The first-order chi connectivity index (χ1) is 11.7. The second-order valence-electron chi connectivity index (χ2n) is 6.38. The van der Waals surface area contributed by atoms with Crippen molar-refractivity contribution in [1.29, 1.82) is 0 Å². The highest BCUT2D eigenvalue weighted by Crippen LogP contribution is 2.30.